The van der Waals surface area contributed by atoms with Crippen molar-refractivity contribution >= 4 is 39.0 Å². The summed E-state index contributed by atoms with van der Waals surface area (Å²) in [5, 5.41) is 9.36. The van der Waals surface area contributed by atoms with Crippen LogP contribution in [0.1, 0.15) is 10.4 Å². The maximum absolute atomic E-state index is 11.4. The van der Waals surface area contributed by atoms with Crippen LogP contribution in [0.2, 0.25) is 0 Å². The van der Waals surface area contributed by atoms with Gasteiger partial charge < -0.3 is 14.7 Å². The average Bonchev–Trinajstić information content (AvgIpc) is 2.59. The van der Waals surface area contributed by atoms with Crippen LogP contribution in [-0.2, 0) is 0 Å². The van der Waals surface area contributed by atoms with Crippen molar-refractivity contribution in [3.05, 3.63) is 76.8 Å². The Balaban J connectivity index is 1.97. The van der Waals surface area contributed by atoms with Gasteiger partial charge in [-0.1, -0.05) is 40.2 Å². The van der Waals surface area contributed by atoms with E-state index in [1.54, 1.807) is 12.1 Å². The van der Waals surface area contributed by atoms with Crippen molar-refractivity contribution in [3.8, 4) is 11.5 Å². The van der Waals surface area contributed by atoms with Crippen LogP contribution < -0.4 is 9.64 Å². The molecule has 0 spiro atoms. The van der Waals surface area contributed by atoms with Crippen LogP contribution in [0.3, 0.4) is 0 Å². The van der Waals surface area contributed by atoms with Crippen LogP contribution in [0.5, 0.6) is 11.5 Å². The minimum Gasteiger partial charge on any atom is -0.478 e. The molecule has 0 radical (unpaired) electrons. The van der Waals surface area contributed by atoms with Gasteiger partial charge in [0.15, 0.2) is 11.5 Å². The lowest BCUT2D eigenvalue weighted by Crippen LogP contribution is -2.16. The van der Waals surface area contributed by atoms with E-state index in [-0.39, 0.29) is 5.56 Å². The van der Waals surface area contributed by atoms with Gasteiger partial charge in [-0.25, -0.2) is 4.79 Å². The van der Waals surface area contributed by atoms with Gasteiger partial charge >= 0.3 is 5.97 Å². The predicted molar refractivity (Wildman–Crippen MR) is 95.9 cm³/mol. The van der Waals surface area contributed by atoms with Crippen LogP contribution in [0.15, 0.2) is 71.2 Å². The second kappa shape index (κ2) is 5.69. The first-order valence-corrected chi connectivity index (χ1v) is 8.13. The number of fused-ring (bicyclic) bond motifs is 2. The van der Waals surface area contributed by atoms with Crippen LogP contribution in [-0.4, -0.2) is 11.1 Å². The Morgan fingerprint density at radius 2 is 1.50 bits per heavy atom. The highest BCUT2D eigenvalue weighted by Gasteiger charge is 2.25. The molecule has 0 saturated heterocycles. The molecule has 24 heavy (non-hydrogen) atoms. The van der Waals surface area contributed by atoms with Crippen LogP contribution in [0.4, 0.5) is 17.1 Å². The molecule has 1 aliphatic heterocycles. The molecule has 3 aromatic rings. The lowest BCUT2D eigenvalue weighted by molar-refractivity contribution is 0.0697. The van der Waals surface area contributed by atoms with Gasteiger partial charge in [-0.2, -0.15) is 0 Å². The van der Waals surface area contributed by atoms with E-state index in [2.05, 4.69) is 15.9 Å². The molecule has 4 rings (SSSR count). The number of para-hydroxylation sites is 4. The van der Waals surface area contributed by atoms with Crippen molar-refractivity contribution in [2.45, 2.75) is 0 Å². The second-order valence-corrected chi connectivity index (χ2v) is 6.29. The molecule has 3 aromatic carbocycles. The zero-order valence-corrected chi connectivity index (χ0v) is 14.0. The largest absolute Gasteiger partial charge is 0.478 e. The Bertz CT molecular complexity index is 909. The molecule has 1 heterocycles. The van der Waals surface area contributed by atoms with Crippen molar-refractivity contribution in [2.75, 3.05) is 4.90 Å². The molecule has 0 aliphatic carbocycles. The minimum atomic E-state index is -0.965. The summed E-state index contributed by atoms with van der Waals surface area (Å²) < 4.78 is 6.67. The molecular formula is C19H12BrNO3. The second-order valence-electron chi connectivity index (χ2n) is 5.38. The number of aromatic carboxylic acids is 1. The summed E-state index contributed by atoms with van der Waals surface area (Å²) in [5.41, 5.74) is 2.71. The number of carboxylic acids is 1. The van der Waals surface area contributed by atoms with Gasteiger partial charge in [0.05, 0.1) is 16.9 Å². The Kier molecular flexibility index (Phi) is 3.50. The molecular weight excluding hydrogens is 370 g/mol. The number of benzene rings is 3. The van der Waals surface area contributed by atoms with Crippen LogP contribution in [0.25, 0.3) is 0 Å². The van der Waals surface area contributed by atoms with Crippen molar-refractivity contribution in [3.63, 3.8) is 0 Å². The van der Waals surface area contributed by atoms with Crippen molar-refractivity contribution < 1.29 is 14.6 Å². The van der Waals surface area contributed by atoms with E-state index < -0.39 is 5.97 Å². The standard InChI is InChI=1S/C19H12BrNO3/c20-13-9-12(19(22)23)10-14(11-13)21-15-5-1-3-7-17(15)24-18-8-4-2-6-16(18)21/h1-11H,(H,22,23). The Labute approximate surface area is 147 Å². The number of hydrogen-bond donors (Lipinski definition) is 1. The minimum absolute atomic E-state index is 0.223. The van der Waals surface area contributed by atoms with Gasteiger partial charge in [0.2, 0.25) is 0 Å². The number of rotatable bonds is 2. The summed E-state index contributed by atoms with van der Waals surface area (Å²) in [6.07, 6.45) is 0. The molecule has 0 fully saturated rings. The van der Waals surface area contributed by atoms with Crippen molar-refractivity contribution in [1.29, 1.82) is 0 Å². The Hall–Kier alpha value is -2.79. The van der Waals surface area contributed by atoms with Gasteiger partial charge in [-0.3, -0.25) is 0 Å². The highest BCUT2D eigenvalue weighted by Crippen LogP contribution is 2.50. The van der Waals surface area contributed by atoms with Gasteiger partial charge in [0.25, 0.3) is 0 Å². The first-order chi connectivity index (χ1) is 11.6. The molecule has 0 atom stereocenters. The van der Waals surface area contributed by atoms with Crippen molar-refractivity contribution in [2.24, 2.45) is 0 Å². The maximum atomic E-state index is 11.4. The molecule has 0 aromatic heterocycles. The van der Waals surface area contributed by atoms with E-state index in [1.807, 2.05) is 59.5 Å². The van der Waals surface area contributed by atoms with Gasteiger partial charge in [-0.05, 0) is 42.5 Å². The molecule has 1 N–H and O–H groups in total. The summed E-state index contributed by atoms with van der Waals surface area (Å²) in [6, 6.07) is 20.5. The monoisotopic (exact) mass is 381 g/mol. The van der Waals surface area contributed by atoms with Gasteiger partial charge in [0, 0.05) is 10.2 Å². The van der Waals surface area contributed by atoms with Gasteiger partial charge in [0.1, 0.15) is 0 Å². The Morgan fingerprint density at radius 1 is 0.917 bits per heavy atom. The summed E-state index contributed by atoms with van der Waals surface area (Å²) in [4.78, 5) is 13.4. The average molecular weight is 382 g/mol. The van der Waals surface area contributed by atoms with E-state index in [9.17, 15) is 9.90 Å². The molecule has 0 unspecified atom stereocenters. The smallest absolute Gasteiger partial charge is 0.335 e. The number of nitrogens with zero attached hydrogens (tertiary/aromatic N) is 1. The molecule has 5 heteroatoms. The van der Waals surface area contributed by atoms with Crippen LogP contribution >= 0.6 is 15.9 Å². The highest BCUT2D eigenvalue weighted by molar-refractivity contribution is 9.10. The molecule has 4 nitrogen and oxygen atoms in total. The first-order valence-electron chi connectivity index (χ1n) is 7.33. The van der Waals surface area contributed by atoms with Crippen molar-refractivity contribution in [1.82, 2.24) is 0 Å². The topological polar surface area (TPSA) is 49.8 Å². The third-order valence-corrected chi connectivity index (χ3v) is 4.28. The molecule has 118 valence electrons. The quantitative estimate of drug-likeness (QED) is 0.482. The van der Waals surface area contributed by atoms with Gasteiger partial charge in [-0.15, -0.1) is 0 Å². The highest BCUT2D eigenvalue weighted by atomic mass is 79.9. The van der Waals surface area contributed by atoms with E-state index in [0.29, 0.717) is 4.47 Å². The SMILES string of the molecule is O=C(O)c1cc(Br)cc(N2c3ccccc3Oc3ccccc32)c1. The van der Waals surface area contributed by atoms with E-state index in [4.69, 9.17) is 4.74 Å². The number of halogens is 1. The van der Waals surface area contributed by atoms with Crippen LogP contribution in [0, 0.1) is 0 Å². The number of carboxylic acid groups (broad SMARTS) is 1. The maximum Gasteiger partial charge on any atom is 0.335 e. The summed E-state index contributed by atoms with van der Waals surface area (Å²) in [6.45, 7) is 0. The zero-order chi connectivity index (χ0) is 16.7. The van der Waals surface area contributed by atoms with E-state index >= 15 is 0 Å². The normalized spacial score (nSPS) is 12.1. The molecule has 1 aliphatic rings. The molecule has 0 saturated carbocycles. The molecule has 0 bridgehead atoms. The number of ether oxygens (including phenoxy) is 1. The lowest BCUT2D eigenvalue weighted by Gasteiger charge is -2.33. The summed E-state index contributed by atoms with van der Waals surface area (Å²) in [7, 11) is 0. The summed E-state index contributed by atoms with van der Waals surface area (Å²) in [5.74, 6) is 0.494. The Morgan fingerprint density at radius 3 is 2.08 bits per heavy atom. The lowest BCUT2D eigenvalue weighted by atomic mass is 10.1. The summed E-state index contributed by atoms with van der Waals surface area (Å²) >= 11 is 3.41. The third-order valence-electron chi connectivity index (χ3n) is 3.82. The fraction of sp³-hybridized carbons (Fsp3) is 0. The number of hydrogen-bond acceptors (Lipinski definition) is 3. The number of carbonyl (C=O) groups is 1. The predicted octanol–water partition coefficient (Wildman–Crippen LogP) is 5.72. The fourth-order valence-corrected chi connectivity index (χ4v) is 3.29. The fourth-order valence-electron chi connectivity index (χ4n) is 2.81. The molecule has 0 amide bonds. The first kappa shape index (κ1) is 14.8. The van der Waals surface area contributed by atoms with E-state index in [0.717, 1.165) is 28.6 Å². The zero-order valence-electron chi connectivity index (χ0n) is 12.4. The number of anilines is 3. The van der Waals surface area contributed by atoms with E-state index in [1.165, 1.54) is 0 Å². The third kappa shape index (κ3) is 2.43.